The lowest BCUT2D eigenvalue weighted by molar-refractivity contribution is -0.00586. The van der Waals surface area contributed by atoms with Crippen molar-refractivity contribution in [2.75, 3.05) is 0 Å². The Morgan fingerprint density at radius 3 is 1.50 bits per heavy atom. The van der Waals surface area contributed by atoms with Gasteiger partial charge >= 0.3 is 0 Å². The van der Waals surface area contributed by atoms with Crippen molar-refractivity contribution in [2.45, 2.75) is 12.8 Å². The van der Waals surface area contributed by atoms with Crippen LogP contribution in [-0.4, -0.2) is 21.0 Å². The van der Waals surface area contributed by atoms with Gasteiger partial charge in [0.15, 0.2) is 0 Å². The molecule has 2 aliphatic carbocycles. The molecule has 0 unspecified atom stereocenters. The zero-order valence-corrected chi connectivity index (χ0v) is 11.1. The Morgan fingerprint density at radius 1 is 0.778 bits per heavy atom. The van der Waals surface area contributed by atoms with Crippen LogP contribution in [0.4, 0.5) is 0 Å². The van der Waals surface area contributed by atoms with Crippen LogP contribution in [0.1, 0.15) is 12.8 Å². The minimum atomic E-state index is 0.659. The Bertz CT molecular complexity index is 519. The van der Waals surface area contributed by atoms with E-state index in [0.29, 0.717) is 24.3 Å². The van der Waals surface area contributed by atoms with Gasteiger partial charge in [-0.05, 0) is 12.2 Å². The van der Waals surface area contributed by atoms with Crippen LogP contribution in [-0.2, 0) is 0 Å². The molecule has 0 saturated carbocycles. The maximum absolute atomic E-state index is 8.60. The first-order valence-electron chi connectivity index (χ1n) is 5.34. The summed E-state index contributed by atoms with van der Waals surface area (Å²) in [7, 11) is 3.32. The summed E-state index contributed by atoms with van der Waals surface area (Å²) >= 11 is 0. The van der Waals surface area contributed by atoms with Crippen molar-refractivity contribution in [3.8, 4) is 0 Å². The quantitative estimate of drug-likeness (QED) is 0.449. The minimum Gasteiger partial charge on any atom is -0.361 e. The number of rotatable bonds is 3. The van der Waals surface area contributed by atoms with Crippen LogP contribution in [0.3, 0.4) is 0 Å². The van der Waals surface area contributed by atoms with Crippen LogP contribution < -0.4 is 0 Å². The molecular weight excluding hydrogens is 264 g/mol. The third kappa shape index (κ3) is 3.45. The first-order valence-corrected chi connectivity index (χ1v) is 7.49. The van der Waals surface area contributed by atoms with Crippen LogP contribution >= 0.6 is 21.6 Å². The van der Waals surface area contributed by atoms with Crippen LogP contribution in [0.2, 0.25) is 0 Å². The third-order valence-electron chi connectivity index (χ3n) is 2.40. The fourth-order valence-electron chi connectivity index (χ4n) is 1.41. The normalized spacial score (nSPS) is 18.0. The van der Waals surface area contributed by atoms with Gasteiger partial charge in [0.25, 0.3) is 11.4 Å². The molecule has 6 heteroatoms. The molecule has 90 valence electrons. The molecule has 0 N–H and O–H groups in total. The average molecular weight is 274 g/mol. The van der Waals surface area contributed by atoms with Gasteiger partial charge in [0.1, 0.15) is 0 Å². The largest absolute Gasteiger partial charge is 0.361 e. The van der Waals surface area contributed by atoms with Crippen LogP contribution in [0.25, 0.3) is 11.1 Å². The van der Waals surface area contributed by atoms with Gasteiger partial charge in [-0.1, -0.05) is 33.7 Å². The molecule has 0 bridgehead atoms. The number of hydrogen-bond donors (Lipinski definition) is 0. The molecule has 2 rings (SSSR count). The molecule has 18 heavy (non-hydrogen) atoms. The Hall–Kier alpha value is -1.58. The monoisotopic (exact) mass is 274 g/mol. The predicted molar refractivity (Wildman–Crippen MR) is 76.1 cm³/mol. The molecule has 4 nitrogen and oxygen atoms in total. The van der Waals surface area contributed by atoms with Gasteiger partial charge in [-0.25, -0.2) is 0 Å². The topological polar surface area (TPSA) is 72.8 Å². The summed E-state index contributed by atoms with van der Waals surface area (Å²) in [6.07, 6.45) is 12.9. The van der Waals surface area contributed by atoms with Crippen LogP contribution in [0.15, 0.2) is 46.3 Å². The third-order valence-corrected chi connectivity index (χ3v) is 4.87. The second-order valence-corrected chi connectivity index (χ2v) is 5.91. The Labute approximate surface area is 113 Å². The van der Waals surface area contributed by atoms with E-state index in [2.05, 4.69) is 9.58 Å². The van der Waals surface area contributed by atoms with Crippen molar-refractivity contribution < 1.29 is 9.58 Å². The second-order valence-electron chi connectivity index (χ2n) is 3.64. The molecule has 0 aromatic heterocycles. The van der Waals surface area contributed by atoms with E-state index in [9.17, 15) is 0 Å². The molecule has 0 atom stereocenters. The van der Waals surface area contributed by atoms with Gasteiger partial charge < -0.3 is 11.1 Å². The van der Waals surface area contributed by atoms with Gasteiger partial charge in [-0.15, -0.1) is 0 Å². The van der Waals surface area contributed by atoms with E-state index < -0.39 is 0 Å². The summed E-state index contributed by atoms with van der Waals surface area (Å²) in [4.78, 5) is 8.60. The van der Waals surface area contributed by atoms with Crippen molar-refractivity contribution in [2.24, 2.45) is 0 Å². The average Bonchev–Trinajstić information content (AvgIpc) is 2.46. The number of hydrogen-bond acceptors (Lipinski definition) is 2. The number of nitrogens with zero attached hydrogens (tertiary/aromatic N) is 4. The van der Waals surface area contributed by atoms with Gasteiger partial charge in [0, 0.05) is 22.0 Å². The van der Waals surface area contributed by atoms with Gasteiger partial charge in [0.2, 0.25) is 0 Å². The maximum atomic E-state index is 8.60. The summed E-state index contributed by atoms with van der Waals surface area (Å²) in [6.45, 7) is 0. The fraction of sp³-hybridized carbons (Fsp3) is 0.167. The van der Waals surface area contributed by atoms with Crippen molar-refractivity contribution in [1.82, 2.24) is 0 Å². The van der Waals surface area contributed by atoms with E-state index in [4.69, 9.17) is 11.1 Å². The van der Waals surface area contributed by atoms with E-state index in [1.165, 1.54) is 0 Å². The zero-order chi connectivity index (χ0) is 12.8. The second kappa shape index (κ2) is 6.38. The SMILES string of the molecule is [N-]=[N+]=C1C=CC(SSC2=CCC(=[N+]=[N-])C=C2)=CC1. The smallest absolute Gasteiger partial charge is 0.295 e. The summed E-state index contributed by atoms with van der Waals surface area (Å²) < 4.78 is 0. The van der Waals surface area contributed by atoms with E-state index >= 15 is 0 Å². The van der Waals surface area contributed by atoms with E-state index in [-0.39, 0.29) is 0 Å². The molecule has 0 aromatic rings. The molecule has 0 fully saturated rings. The minimum absolute atomic E-state index is 0.659. The molecular formula is C12H10N4S2. The highest BCUT2D eigenvalue weighted by molar-refractivity contribution is 8.79. The molecule has 0 amide bonds. The lowest BCUT2D eigenvalue weighted by Gasteiger charge is -2.06. The lowest BCUT2D eigenvalue weighted by Crippen LogP contribution is -1.97. The summed E-state index contributed by atoms with van der Waals surface area (Å²) in [5.41, 5.74) is 18.6. The Morgan fingerprint density at radius 2 is 1.22 bits per heavy atom. The van der Waals surface area contributed by atoms with E-state index in [1.54, 1.807) is 21.6 Å². The van der Waals surface area contributed by atoms with Gasteiger partial charge in [-0.3, -0.25) is 0 Å². The summed E-state index contributed by atoms with van der Waals surface area (Å²) in [5.74, 6) is 0. The van der Waals surface area contributed by atoms with Gasteiger partial charge in [0.05, 0.1) is 12.8 Å². The summed E-state index contributed by atoms with van der Waals surface area (Å²) in [6, 6.07) is 0. The van der Waals surface area contributed by atoms with Crippen LogP contribution in [0, 0.1) is 0 Å². The van der Waals surface area contributed by atoms with E-state index in [0.717, 1.165) is 9.81 Å². The molecule has 0 spiro atoms. The van der Waals surface area contributed by atoms with Crippen molar-refractivity contribution in [1.29, 1.82) is 0 Å². The number of allylic oxidation sites excluding steroid dienone is 6. The Kier molecular flexibility index (Phi) is 4.56. The predicted octanol–water partition coefficient (Wildman–Crippen LogP) is 3.40. The van der Waals surface area contributed by atoms with Crippen molar-refractivity contribution >= 4 is 33.0 Å². The standard InChI is InChI=1S/C12H10N4S2/c13-15-9-1-5-11(6-2-9)17-18-12-7-3-10(16-14)4-8-12/h1,3,5-8H,2,4H2. The van der Waals surface area contributed by atoms with Crippen molar-refractivity contribution in [3.63, 3.8) is 0 Å². The first-order chi connectivity index (χ1) is 8.81. The highest BCUT2D eigenvalue weighted by Gasteiger charge is 2.11. The van der Waals surface area contributed by atoms with Crippen LogP contribution in [0.5, 0.6) is 0 Å². The van der Waals surface area contributed by atoms with E-state index in [1.807, 2.05) is 36.5 Å². The molecule has 0 radical (unpaired) electrons. The molecule has 2 aliphatic rings. The lowest BCUT2D eigenvalue weighted by atomic mass is 10.2. The highest BCUT2D eigenvalue weighted by atomic mass is 33.1. The first kappa shape index (κ1) is 12.9. The fourth-order valence-corrected chi connectivity index (χ4v) is 3.47. The molecule has 0 aromatic carbocycles. The molecule has 0 heterocycles. The molecule has 0 saturated heterocycles. The van der Waals surface area contributed by atoms with Gasteiger partial charge in [-0.2, -0.15) is 9.58 Å². The highest BCUT2D eigenvalue weighted by Crippen LogP contribution is 2.39. The summed E-state index contributed by atoms with van der Waals surface area (Å²) in [5, 5.41) is 0. The maximum Gasteiger partial charge on any atom is 0.295 e. The molecule has 0 aliphatic heterocycles. The van der Waals surface area contributed by atoms with Crippen molar-refractivity contribution in [3.05, 3.63) is 57.3 Å². The zero-order valence-electron chi connectivity index (χ0n) is 9.48. The Balaban J connectivity index is 1.87.